The highest BCUT2D eigenvalue weighted by Gasteiger charge is 2.38. The average molecular weight is 2080 g/mol. The second-order valence-electron chi connectivity index (χ2n) is 46.2. The van der Waals surface area contributed by atoms with E-state index >= 15 is 0 Å². The van der Waals surface area contributed by atoms with Gasteiger partial charge in [-0.25, -0.2) is 9.59 Å². The van der Waals surface area contributed by atoms with Crippen LogP contribution in [-0.4, -0.2) is 187 Å². The van der Waals surface area contributed by atoms with Crippen molar-refractivity contribution in [2.45, 2.75) is 464 Å². The van der Waals surface area contributed by atoms with Crippen molar-refractivity contribution in [3.8, 4) is 5.75 Å². The highest BCUT2D eigenvalue weighted by molar-refractivity contribution is 5.91. The van der Waals surface area contributed by atoms with Crippen LogP contribution in [0.5, 0.6) is 5.75 Å². The molecule has 0 fully saturated rings. The van der Waals surface area contributed by atoms with E-state index in [1.807, 2.05) is 44.2 Å². The van der Waals surface area contributed by atoms with Gasteiger partial charge in [0.2, 0.25) is 0 Å². The van der Waals surface area contributed by atoms with Crippen LogP contribution in [0.15, 0.2) is 54.6 Å². The zero-order valence-corrected chi connectivity index (χ0v) is 94.8. The Bertz CT molecular complexity index is 4300. The standard InChI is InChI=1S/C34H53NO9.C33H50N2O11.C26H47NO7.C13H25NO4.C2H6.ClH/c1-32(2,3)42-28(37)19-18-26(30(39)44-34(7,8)9)22-27(36)21-25(29(38)43-33(4,5)6)17-13-14-20-35-31(40)41-23-24-15-11-10-12-16-24;1-31(2,3)44-27(37)18-13-23(29(39)46-33(7,8)9)21-25(36)20-22(28(38)45-32(4,5)6)12-10-11-19-34-30(40)43-26-16-14-24(15-17-26)35(41)42;1-24(2,3)32-21(29)14-13-19(23(31)34-26(7,8)9)17-20(28)16-18(12-10-11-15-27)22(30)33-25(4,5)6;1-12(2,3)17-10(15)8-7-9(14)11(16)18-13(4,5)6;1-2;/h10-12,15-16,25-26H,13-14,17-23H2,1-9H3,(H,35,40);14-17,22-23H,10-13,18-21H2,1-9H3,(H,34,40);18-19H,10-17,27H2,1-9H3;9H,7-8,14H2,1-6H3;1-2H3;1H/t25-,26-;22-,23-;18-,19-;9-;;/m1110../s1. The van der Waals surface area contributed by atoms with E-state index in [4.69, 9.17) is 73.0 Å². The van der Waals surface area contributed by atoms with Gasteiger partial charge in [0.05, 0.1) is 40.4 Å². The Labute approximate surface area is 869 Å². The molecule has 0 spiro atoms. The molecule has 832 valence electrons. The summed E-state index contributed by atoms with van der Waals surface area (Å²) in [6.07, 6.45) is 2.92. The number of halogens is 1. The first kappa shape index (κ1) is 141. The molecule has 2 aromatic carbocycles. The lowest BCUT2D eigenvalue weighted by Crippen LogP contribution is -2.38. The third kappa shape index (κ3) is 81.5. The minimum Gasteiger partial charge on any atom is -0.460 e. The quantitative estimate of drug-likeness (QED) is 0.0157. The predicted octanol–water partition coefficient (Wildman–Crippen LogP) is 20.4. The fourth-order valence-electron chi connectivity index (χ4n) is 12.7. The first-order valence-electron chi connectivity index (χ1n) is 50.1. The summed E-state index contributed by atoms with van der Waals surface area (Å²) < 4.78 is 69.7. The van der Waals surface area contributed by atoms with E-state index in [1.54, 1.807) is 228 Å². The molecular weight excluding hydrogens is 1900 g/mol. The minimum absolute atomic E-state index is 0. The number of nitro groups is 1. The number of nitrogens with two attached hydrogens (primary N) is 2. The highest BCUT2D eigenvalue weighted by atomic mass is 35.5. The predicted molar refractivity (Wildman–Crippen MR) is 554 cm³/mol. The van der Waals surface area contributed by atoms with Gasteiger partial charge in [-0.1, -0.05) is 63.4 Å². The Hall–Kier alpha value is -10.2. The molecule has 0 saturated heterocycles. The molecule has 36 nitrogen and oxygen atoms in total. The lowest BCUT2D eigenvalue weighted by atomic mass is 9.90. The summed E-state index contributed by atoms with van der Waals surface area (Å²) in [6, 6.07) is 13.6. The number of rotatable bonds is 49. The number of esters is 11. The van der Waals surface area contributed by atoms with Crippen LogP contribution in [-0.2, 0) is 131 Å². The van der Waals surface area contributed by atoms with Crippen molar-refractivity contribution >= 4 is 113 Å². The molecule has 37 heteroatoms. The van der Waals surface area contributed by atoms with Gasteiger partial charge in [0, 0.05) is 89.4 Å². The van der Waals surface area contributed by atoms with E-state index in [1.165, 1.54) is 24.3 Å². The molecule has 2 aromatic rings. The zero-order valence-electron chi connectivity index (χ0n) is 94.0. The summed E-state index contributed by atoms with van der Waals surface area (Å²) in [5.41, 5.74) is 4.37. The average Bonchev–Trinajstić information content (AvgIpc) is 0.872. The number of unbranched alkanes of at least 4 members (excludes halogenated alkanes) is 3. The van der Waals surface area contributed by atoms with Gasteiger partial charge in [-0.05, 0) is 317 Å². The van der Waals surface area contributed by atoms with Gasteiger partial charge in [0.15, 0.2) is 0 Å². The number of non-ortho nitro benzene ring substituents is 1. The maximum absolute atomic E-state index is 13.2. The van der Waals surface area contributed by atoms with Crippen LogP contribution in [0.3, 0.4) is 0 Å². The fraction of sp³-hybridized carbons (Fsp3) is 0.741. The van der Waals surface area contributed by atoms with Crippen LogP contribution in [0.1, 0.15) is 396 Å². The molecular formula is C108H182ClN5O31. The summed E-state index contributed by atoms with van der Waals surface area (Å²) in [6.45, 7) is 63.0. The molecule has 0 aliphatic heterocycles. The number of Topliss-reactive ketones (excluding diaryl/α,β-unsaturated/α-hetero) is 3. The monoisotopic (exact) mass is 2080 g/mol. The summed E-state index contributed by atoms with van der Waals surface area (Å²) in [7, 11) is 0. The van der Waals surface area contributed by atoms with E-state index < -0.39 is 180 Å². The van der Waals surface area contributed by atoms with E-state index in [9.17, 15) is 86.8 Å². The van der Waals surface area contributed by atoms with E-state index in [2.05, 4.69) is 10.6 Å². The summed E-state index contributed by atoms with van der Waals surface area (Å²) >= 11 is 0. The molecule has 0 aliphatic rings. The van der Waals surface area contributed by atoms with Crippen LogP contribution in [0.4, 0.5) is 15.3 Å². The van der Waals surface area contributed by atoms with Gasteiger partial charge in [-0.15, -0.1) is 12.4 Å². The number of ether oxygens (including phenoxy) is 13. The fourth-order valence-corrected chi connectivity index (χ4v) is 12.7. The molecule has 7 atom stereocenters. The number of nitrogens with one attached hydrogen (secondary N) is 2. The van der Waals surface area contributed by atoms with Crippen molar-refractivity contribution < 1.29 is 143 Å². The number of carbonyl (C=O) groups excluding carboxylic acids is 16. The molecule has 0 unspecified atom stereocenters. The molecule has 145 heavy (non-hydrogen) atoms. The number of amides is 2. The van der Waals surface area contributed by atoms with Gasteiger partial charge in [0.25, 0.3) is 5.69 Å². The number of hydrogen-bond acceptors (Lipinski definition) is 33. The largest absolute Gasteiger partial charge is 0.460 e. The number of nitrogens with zero attached hydrogens (tertiary/aromatic N) is 1. The summed E-state index contributed by atoms with van der Waals surface area (Å²) in [5.74, 6) is -10.9. The topological polar surface area (TPSA) is 512 Å². The van der Waals surface area contributed by atoms with E-state index in [0.717, 1.165) is 12.0 Å². The second kappa shape index (κ2) is 66.9. The van der Waals surface area contributed by atoms with Gasteiger partial charge in [-0.3, -0.25) is 77.2 Å². The summed E-state index contributed by atoms with van der Waals surface area (Å²) in [4.78, 5) is 211. The molecule has 2 amide bonds. The Morgan fingerprint density at radius 1 is 0.310 bits per heavy atom. The van der Waals surface area contributed by atoms with Crippen molar-refractivity contribution in [1.29, 1.82) is 0 Å². The lowest BCUT2D eigenvalue weighted by molar-refractivity contribution is -0.384. The third-order valence-electron chi connectivity index (χ3n) is 18.4. The van der Waals surface area contributed by atoms with Crippen molar-refractivity contribution in [2.24, 2.45) is 47.0 Å². The first-order valence-corrected chi connectivity index (χ1v) is 50.1. The van der Waals surface area contributed by atoms with Gasteiger partial charge in [0.1, 0.15) is 97.4 Å². The first-order chi connectivity index (χ1) is 65.5. The number of carbonyl (C=O) groups is 16. The van der Waals surface area contributed by atoms with Crippen LogP contribution in [0.25, 0.3) is 0 Å². The van der Waals surface area contributed by atoms with Crippen molar-refractivity contribution in [1.82, 2.24) is 10.6 Å². The molecule has 0 radical (unpaired) electrons. The Morgan fingerprint density at radius 3 is 0.793 bits per heavy atom. The Kier molecular flexibility index (Phi) is 65.0. The van der Waals surface area contributed by atoms with Crippen LogP contribution < -0.4 is 26.8 Å². The molecule has 0 aliphatic carbocycles. The number of nitro benzene ring substituents is 1. The molecule has 0 saturated carbocycles. The molecule has 0 heterocycles. The minimum atomic E-state index is -0.899. The van der Waals surface area contributed by atoms with Crippen LogP contribution in [0.2, 0.25) is 0 Å². The Morgan fingerprint density at radius 2 is 0.545 bits per heavy atom. The zero-order chi connectivity index (χ0) is 112. The number of ketones is 3. The smallest absolute Gasteiger partial charge is 0.412 e. The highest BCUT2D eigenvalue weighted by Crippen LogP contribution is 2.31. The molecule has 0 bridgehead atoms. The number of alkyl carbamates (subject to hydrolysis) is 1. The van der Waals surface area contributed by atoms with E-state index in [0.29, 0.717) is 58.0 Å². The number of benzene rings is 2. The third-order valence-corrected chi connectivity index (χ3v) is 18.4. The normalized spacial score (nSPS) is 13.3. The SMILES string of the molecule is CC.CC(C)(C)OC(=O)CC[C@H](CC(=O)C[C@@H](CCCCN)C(=O)OC(C)(C)C)C(=O)OC(C)(C)C.CC(C)(C)OC(=O)CC[C@H](CC(=O)C[C@@H](CCCCNC(=O)OCc1ccccc1)C(=O)OC(C)(C)C)C(=O)OC(C)(C)C.CC(C)(C)OC(=O)CC[C@H](CC(=O)C[C@@H](CCCCNC(=O)Oc1ccc([N+](=O)[O-])cc1)C(=O)OC(C)(C)C)C(=O)OC(C)(C)C.CC(C)(C)OC(=O)CC[C@H](N)C(=O)OC(C)(C)C.Cl. The summed E-state index contributed by atoms with van der Waals surface area (Å²) in [5, 5.41) is 16.0. The molecule has 6 N–H and O–H groups in total. The maximum Gasteiger partial charge on any atom is 0.412 e. The van der Waals surface area contributed by atoms with Gasteiger partial charge in [-0.2, -0.15) is 0 Å². The maximum atomic E-state index is 13.2. The lowest BCUT2D eigenvalue weighted by Gasteiger charge is -2.25. The van der Waals surface area contributed by atoms with E-state index in [-0.39, 0.29) is 157 Å². The van der Waals surface area contributed by atoms with Crippen LogP contribution >= 0.6 is 12.4 Å². The van der Waals surface area contributed by atoms with Crippen molar-refractivity contribution in [3.05, 3.63) is 70.3 Å². The van der Waals surface area contributed by atoms with Crippen molar-refractivity contribution in [2.75, 3.05) is 19.6 Å². The molecule has 0 aromatic heterocycles. The van der Waals surface area contributed by atoms with Gasteiger partial charge >= 0.3 is 77.8 Å². The van der Waals surface area contributed by atoms with Crippen molar-refractivity contribution in [3.63, 3.8) is 0 Å². The number of hydrogen-bond donors (Lipinski definition) is 4. The molecule has 2 rings (SSSR count). The second-order valence-corrected chi connectivity index (χ2v) is 46.2. The Balaban J connectivity index is -0.000000944. The van der Waals surface area contributed by atoms with Crippen LogP contribution in [0, 0.1) is 45.6 Å². The van der Waals surface area contributed by atoms with Gasteiger partial charge < -0.3 is 83.7 Å².